The Balaban J connectivity index is 2.87. The van der Waals surface area contributed by atoms with E-state index in [1.807, 2.05) is 0 Å². The van der Waals surface area contributed by atoms with Gasteiger partial charge < -0.3 is 19.5 Å². The molecule has 7 nitrogen and oxygen atoms in total. The van der Waals surface area contributed by atoms with Crippen LogP contribution in [0.15, 0.2) is 16.9 Å². The summed E-state index contributed by atoms with van der Waals surface area (Å²) in [4.78, 5) is 27.1. The largest absolute Gasteiger partial charge is 0.494 e. The van der Waals surface area contributed by atoms with Crippen LogP contribution in [-0.2, 0) is 9.47 Å². The number of methoxy groups -OCH3 is 2. The molecule has 7 heteroatoms. The summed E-state index contributed by atoms with van der Waals surface area (Å²) in [6.45, 7) is 1.52. The topological polar surface area (TPSA) is 91.9 Å². The maximum absolute atomic E-state index is 12.2. The lowest BCUT2D eigenvalue weighted by molar-refractivity contribution is 0.0626. The first kappa shape index (κ1) is 15.2. The van der Waals surface area contributed by atoms with E-state index >= 15 is 0 Å². The number of hydrogen-bond donors (Lipinski definition) is 2. The number of amides is 1. The third-order valence-corrected chi connectivity index (χ3v) is 2.49. The zero-order valence-corrected chi connectivity index (χ0v) is 11.0. The number of hydrogen-bond acceptors (Lipinski definition) is 5. The molecule has 1 heterocycles. The molecule has 0 bridgehead atoms. The minimum Gasteiger partial charge on any atom is -0.494 e. The molecule has 1 aromatic rings. The Labute approximate surface area is 110 Å². The van der Waals surface area contributed by atoms with Gasteiger partial charge in [0.15, 0.2) is 5.88 Å². The molecule has 0 atom stereocenters. The van der Waals surface area contributed by atoms with Gasteiger partial charge in [-0.3, -0.25) is 14.6 Å². The first-order valence-corrected chi connectivity index (χ1v) is 5.79. The van der Waals surface area contributed by atoms with Crippen LogP contribution in [0.25, 0.3) is 0 Å². The number of aromatic hydroxyl groups is 1. The van der Waals surface area contributed by atoms with Crippen LogP contribution in [0.1, 0.15) is 10.4 Å². The molecule has 1 aromatic heterocycles. The zero-order valence-electron chi connectivity index (χ0n) is 11.0. The van der Waals surface area contributed by atoms with Gasteiger partial charge in [-0.1, -0.05) is 0 Å². The van der Waals surface area contributed by atoms with E-state index in [1.165, 1.54) is 25.2 Å². The third kappa shape index (κ3) is 4.72. The summed E-state index contributed by atoms with van der Waals surface area (Å²) in [5.41, 5.74) is -0.393. The summed E-state index contributed by atoms with van der Waals surface area (Å²) in [6.07, 6.45) is 0. The van der Waals surface area contributed by atoms with Crippen molar-refractivity contribution in [1.82, 2.24) is 9.88 Å². The second-order valence-electron chi connectivity index (χ2n) is 3.90. The van der Waals surface area contributed by atoms with Gasteiger partial charge in [0.2, 0.25) is 0 Å². The number of carbonyl (C=O) groups is 1. The molecule has 0 aliphatic carbocycles. The van der Waals surface area contributed by atoms with Crippen molar-refractivity contribution in [1.29, 1.82) is 0 Å². The second kappa shape index (κ2) is 7.55. The average molecular weight is 270 g/mol. The minimum atomic E-state index is -0.526. The van der Waals surface area contributed by atoms with Gasteiger partial charge in [-0.05, 0) is 0 Å². The number of rotatable bonds is 7. The van der Waals surface area contributed by atoms with E-state index in [0.29, 0.717) is 26.3 Å². The number of ether oxygens (including phenoxy) is 2. The van der Waals surface area contributed by atoms with Gasteiger partial charge in [0.05, 0.1) is 18.8 Å². The van der Waals surface area contributed by atoms with Crippen molar-refractivity contribution in [2.45, 2.75) is 0 Å². The maximum atomic E-state index is 12.2. The van der Waals surface area contributed by atoms with Crippen LogP contribution in [0.5, 0.6) is 5.88 Å². The van der Waals surface area contributed by atoms with E-state index < -0.39 is 5.56 Å². The third-order valence-electron chi connectivity index (χ3n) is 2.49. The van der Waals surface area contributed by atoms with E-state index in [2.05, 4.69) is 4.98 Å². The highest BCUT2D eigenvalue weighted by molar-refractivity contribution is 5.94. The molecule has 19 heavy (non-hydrogen) atoms. The van der Waals surface area contributed by atoms with E-state index in [4.69, 9.17) is 9.47 Å². The molecule has 0 aliphatic rings. The Kier molecular flexibility index (Phi) is 6.04. The summed E-state index contributed by atoms with van der Waals surface area (Å²) in [7, 11) is 3.08. The predicted molar refractivity (Wildman–Crippen MR) is 68.4 cm³/mol. The lowest BCUT2D eigenvalue weighted by Crippen LogP contribution is -2.36. The lowest BCUT2D eigenvalue weighted by Gasteiger charge is -2.22. The maximum Gasteiger partial charge on any atom is 0.254 e. The van der Waals surface area contributed by atoms with Gasteiger partial charge in [0, 0.05) is 39.4 Å². The molecule has 0 aliphatic heterocycles. The Morgan fingerprint density at radius 1 is 1.26 bits per heavy atom. The highest BCUT2D eigenvalue weighted by atomic mass is 16.5. The van der Waals surface area contributed by atoms with Crippen molar-refractivity contribution >= 4 is 5.91 Å². The van der Waals surface area contributed by atoms with Crippen LogP contribution in [-0.4, -0.2) is 61.4 Å². The summed E-state index contributed by atoms with van der Waals surface area (Å²) in [5.74, 6) is -0.690. The van der Waals surface area contributed by atoms with Gasteiger partial charge in [-0.15, -0.1) is 0 Å². The van der Waals surface area contributed by atoms with Crippen LogP contribution in [0.2, 0.25) is 0 Å². The SMILES string of the molecule is COCCN(CCOC)C(=O)c1cc(O)[nH]c(=O)c1. The van der Waals surface area contributed by atoms with Gasteiger partial charge in [-0.25, -0.2) is 0 Å². The molecule has 0 unspecified atom stereocenters. The molecule has 0 radical (unpaired) electrons. The van der Waals surface area contributed by atoms with Gasteiger partial charge >= 0.3 is 0 Å². The quantitative estimate of drug-likeness (QED) is 0.717. The zero-order chi connectivity index (χ0) is 14.3. The Hall–Kier alpha value is -1.86. The number of nitrogens with one attached hydrogen (secondary N) is 1. The Morgan fingerprint density at radius 2 is 1.84 bits per heavy atom. The van der Waals surface area contributed by atoms with Gasteiger partial charge in [-0.2, -0.15) is 0 Å². The van der Waals surface area contributed by atoms with Crippen LogP contribution in [0, 0.1) is 0 Å². The lowest BCUT2D eigenvalue weighted by atomic mass is 10.2. The smallest absolute Gasteiger partial charge is 0.254 e. The first-order chi connectivity index (χ1) is 9.08. The second-order valence-corrected chi connectivity index (χ2v) is 3.90. The molecule has 0 saturated heterocycles. The molecular weight excluding hydrogens is 252 g/mol. The summed E-state index contributed by atoms with van der Waals surface area (Å²) >= 11 is 0. The summed E-state index contributed by atoms with van der Waals surface area (Å²) < 4.78 is 9.87. The molecule has 0 fully saturated rings. The van der Waals surface area contributed by atoms with Gasteiger partial charge in [0.25, 0.3) is 11.5 Å². The van der Waals surface area contributed by atoms with Crippen LogP contribution in [0.4, 0.5) is 0 Å². The molecule has 1 amide bonds. The van der Waals surface area contributed by atoms with Gasteiger partial charge in [0.1, 0.15) is 0 Å². The molecule has 0 spiro atoms. The number of aromatic nitrogens is 1. The van der Waals surface area contributed by atoms with E-state index in [-0.39, 0.29) is 17.4 Å². The average Bonchev–Trinajstić information content (AvgIpc) is 2.37. The molecule has 1 rings (SSSR count). The predicted octanol–water partition coefficient (Wildman–Crippen LogP) is -0.184. The van der Waals surface area contributed by atoms with Crippen molar-refractivity contribution in [2.75, 3.05) is 40.5 Å². The fourth-order valence-electron chi connectivity index (χ4n) is 1.55. The van der Waals surface area contributed by atoms with Crippen molar-refractivity contribution in [3.63, 3.8) is 0 Å². The molecule has 106 valence electrons. The number of H-pyrrole nitrogens is 1. The normalized spacial score (nSPS) is 10.4. The van der Waals surface area contributed by atoms with Crippen molar-refractivity contribution in [3.05, 3.63) is 28.0 Å². The van der Waals surface area contributed by atoms with Crippen LogP contribution < -0.4 is 5.56 Å². The standard InChI is InChI=1S/C12H18N2O5/c1-18-5-3-14(4-6-19-2)12(17)9-7-10(15)13-11(16)8-9/h7-8H,3-6H2,1-2H3,(H2,13,15,16). The fraction of sp³-hybridized carbons (Fsp3) is 0.500. The summed E-state index contributed by atoms with van der Waals surface area (Å²) in [6, 6.07) is 2.37. The van der Waals surface area contributed by atoms with Crippen LogP contribution in [0.3, 0.4) is 0 Å². The first-order valence-electron chi connectivity index (χ1n) is 5.79. The van der Waals surface area contributed by atoms with Crippen molar-refractivity contribution in [2.24, 2.45) is 0 Å². The molecule has 0 aromatic carbocycles. The summed E-state index contributed by atoms with van der Waals surface area (Å²) in [5, 5.41) is 9.30. The molecule has 0 saturated carbocycles. The number of pyridine rings is 1. The number of aromatic amines is 1. The van der Waals surface area contributed by atoms with Crippen LogP contribution >= 0.6 is 0 Å². The van der Waals surface area contributed by atoms with Crippen molar-refractivity contribution < 1.29 is 19.4 Å². The van der Waals surface area contributed by atoms with E-state index in [0.717, 1.165) is 6.07 Å². The Morgan fingerprint density at radius 3 is 2.32 bits per heavy atom. The van der Waals surface area contributed by atoms with E-state index in [1.54, 1.807) is 0 Å². The van der Waals surface area contributed by atoms with Crippen molar-refractivity contribution in [3.8, 4) is 5.88 Å². The highest BCUT2D eigenvalue weighted by Gasteiger charge is 2.16. The molecule has 2 N–H and O–H groups in total. The molecular formula is C12H18N2O5. The van der Waals surface area contributed by atoms with E-state index in [9.17, 15) is 14.7 Å². The highest BCUT2D eigenvalue weighted by Crippen LogP contribution is 2.08. The minimum absolute atomic E-state index is 0.133. The fourth-order valence-corrected chi connectivity index (χ4v) is 1.55. The number of carbonyl (C=O) groups excluding carboxylic acids is 1. The number of nitrogens with zero attached hydrogens (tertiary/aromatic N) is 1. The Bertz CT molecular complexity index is 463. The monoisotopic (exact) mass is 270 g/mol.